The second-order valence-electron chi connectivity index (χ2n) is 9.22. The molecule has 0 bridgehead atoms. The smallest absolute Gasteiger partial charge is 0.231 e. The van der Waals surface area contributed by atoms with Crippen molar-refractivity contribution in [2.24, 2.45) is 0 Å². The molecular weight excluding hydrogens is 590 g/mol. The first kappa shape index (κ1) is 25.7. The van der Waals surface area contributed by atoms with Gasteiger partial charge in [-0.05, 0) is 66.6 Å². The zero-order chi connectivity index (χ0) is 24.3. The largest absolute Gasteiger partial charge is 1.00 e. The van der Waals surface area contributed by atoms with Crippen LogP contribution in [0.5, 0.6) is 11.5 Å². The van der Waals surface area contributed by atoms with Gasteiger partial charge in [-0.3, -0.25) is 0 Å². The number of hydrogen-bond acceptors (Lipinski definition) is 3. The fourth-order valence-corrected chi connectivity index (χ4v) is 7.50. The molecule has 0 fully saturated rings. The molecular formula is C31H30IN2O2P. The summed E-state index contributed by atoms with van der Waals surface area (Å²) < 4.78 is 13.5. The van der Waals surface area contributed by atoms with Gasteiger partial charge in [-0.1, -0.05) is 55.8 Å². The van der Waals surface area contributed by atoms with Crippen molar-refractivity contribution < 1.29 is 33.5 Å². The highest BCUT2D eigenvalue weighted by molar-refractivity contribution is 7.72. The summed E-state index contributed by atoms with van der Waals surface area (Å²) in [7, 11) is -0.960. The van der Waals surface area contributed by atoms with Crippen molar-refractivity contribution in [3.8, 4) is 22.9 Å². The van der Waals surface area contributed by atoms with E-state index in [9.17, 15) is 0 Å². The number of nitrogens with zero attached hydrogens (tertiary/aromatic N) is 2. The normalized spacial score (nSPS) is 12.2. The molecule has 0 atom stereocenters. The summed E-state index contributed by atoms with van der Waals surface area (Å²) in [4.78, 5) is 5.15. The molecule has 1 aliphatic heterocycles. The second-order valence-corrected chi connectivity index (χ2v) is 11.7. The first-order valence-corrected chi connectivity index (χ1v) is 14.4. The molecule has 0 saturated heterocycles. The summed E-state index contributed by atoms with van der Waals surface area (Å²) in [5, 5.41) is 2.87. The Kier molecular flexibility index (Phi) is 8.11. The number of rotatable bonds is 8. The van der Waals surface area contributed by atoms with Gasteiger partial charge in [0.1, 0.15) is 5.82 Å². The Balaban J connectivity index is 0.00000280. The maximum absolute atomic E-state index is 5.65. The first-order chi connectivity index (χ1) is 17.8. The molecule has 4 aromatic carbocycles. The van der Waals surface area contributed by atoms with Crippen molar-refractivity contribution in [1.29, 1.82) is 0 Å². The van der Waals surface area contributed by atoms with Crippen molar-refractivity contribution in [3.05, 3.63) is 103 Å². The van der Waals surface area contributed by atoms with Gasteiger partial charge in [-0.25, -0.2) is 4.98 Å². The predicted octanol–water partition coefficient (Wildman–Crippen LogP) is 3.60. The molecule has 0 saturated carbocycles. The van der Waals surface area contributed by atoms with E-state index in [4.69, 9.17) is 14.5 Å². The minimum Gasteiger partial charge on any atom is -1.00 e. The summed E-state index contributed by atoms with van der Waals surface area (Å²) >= 11 is 0. The lowest BCUT2D eigenvalue weighted by molar-refractivity contribution is -0.00000869. The molecule has 0 aliphatic carbocycles. The van der Waals surface area contributed by atoms with E-state index in [0.717, 1.165) is 54.0 Å². The van der Waals surface area contributed by atoms with Crippen LogP contribution in [0.4, 0.5) is 0 Å². The topological polar surface area (TPSA) is 36.3 Å². The monoisotopic (exact) mass is 620 g/mol. The summed E-state index contributed by atoms with van der Waals surface area (Å²) in [6, 6.07) is 34.9. The van der Waals surface area contributed by atoms with E-state index in [1.807, 2.05) is 6.07 Å². The van der Waals surface area contributed by atoms with Gasteiger partial charge in [-0.2, -0.15) is 0 Å². The van der Waals surface area contributed by atoms with Gasteiger partial charge < -0.3 is 38.0 Å². The fourth-order valence-electron chi connectivity index (χ4n) is 4.94. The summed E-state index contributed by atoms with van der Waals surface area (Å²) in [6.07, 6.45) is 3.27. The Morgan fingerprint density at radius 3 is 2.22 bits per heavy atom. The Labute approximate surface area is 236 Å². The highest BCUT2D eigenvalue weighted by atomic mass is 127. The van der Waals surface area contributed by atoms with Crippen LogP contribution in [0.25, 0.3) is 22.4 Å². The van der Waals surface area contributed by atoms with Crippen LogP contribution in [0.2, 0.25) is 0 Å². The number of benzene rings is 4. The average molecular weight is 620 g/mol. The highest BCUT2D eigenvalue weighted by Crippen LogP contribution is 2.40. The van der Waals surface area contributed by atoms with E-state index in [1.54, 1.807) is 0 Å². The molecule has 6 rings (SSSR count). The Hall–Kier alpha value is -2.89. The number of fused-ring (bicyclic) bond motifs is 2. The van der Waals surface area contributed by atoms with Gasteiger partial charge in [-0.15, -0.1) is 0 Å². The van der Waals surface area contributed by atoms with E-state index in [2.05, 4.69) is 102 Å². The van der Waals surface area contributed by atoms with Crippen molar-refractivity contribution in [2.75, 3.05) is 6.79 Å². The van der Waals surface area contributed by atoms with Crippen molar-refractivity contribution in [2.45, 2.75) is 32.5 Å². The lowest BCUT2D eigenvalue weighted by Crippen LogP contribution is -3.00. The van der Waals surface area contributed by atoms with E-state index < -0.39 is 7.92 Å². The van der Waals surface area contributed by atoms with Crippen molar-refractivity contribution in [1.82, 2.24) is 9.55 Å². The van der Waals surface area contributed by atoms with Crippen LogP contribution in [0.15, 0.2) is 97.1 Å². The number of aromatic nitrogens is 2. The highest BCUT2D eigenvalue weighted by Gasteiger charge is 2.24. The summed E-state index contributed by atoms with van der Waals surface area (Å²) in [6.45, 7) is 3.45. The van der Waals surface area contributed by atoms with Gasteiger partial charge in [0.25, 0.3) is 0 Å². The third kappa shape index (κ3) is 5.39. The predicted molar refractivity (Wildman–Crippen MR) is 150 cm³/mol. The van der Waals surface area contributed by atoms with Crippen molar-refractivity contribution in [3.63, 3.8) is 0 Å². The van der Waals surface area contributed by atoms with Crippen LogP contribution >= 0.6 is 7.92 Å². The van der Waals surface area contributed by atoms with E-state index in [0.29, 0.717) is 0 Å². The zero-order valence-electron chi connectivity index (χ0n) is 20.9. The number of aryl methyl sites for hydroxylation is 1. The maximum atomic E-state index is 5.65. The van der Waals surface area contributed by atoms with Crippen LogP contribution in [0, 0.1) is 0 Å². The second kappa shape index (κ2) is 11.7. The standard InChI is InChI=1S/C31H29N2O2P.HI/c1-2-3-18-33-28-16-14-23(21-36(25-10-6-4-7-11-25)26-12-8-5-9-13-26)19-27(28)32-31(33)24-15-17-29-30(20-24)35-22-34-29;/h4-17,19-20H,2-3,18,21-22H2,1H3;1H. The molecule has 4 nitrogen and oxygen atoms in total. The Morgan fingerprint density at radius 1 is 0.811 bits per heavy atom. The van der Waals surface area contributed by atoms with Gasteiger partial charge in [0.2, 0.25) is 6.79 Å². The molecule has 1 aromatic heterocycles. The van der Waals surface area contributed by atoms with E-state index in [-0.39, 0.29) is 30.8 Å². The number of imidazole rings is 1. The lowest BCUT2D eigenvalue weighted by atomic mass is 10.2. The maximum Gasteiger partial charge on any atom is 0.231 e. The van der Waals surface area contributed by atoms with Gasteiger partial charge in [0, 0.05) is 12.1 Å². The Bertz CT molecular complexity index is 1450. The fraction of sp³-hybridized carbons (Fsp3) is 0.194. The molecule has 0 radical (unpaired) electrons. The third-order valence-corrected chi connectivity index (χ3v) is 9.63. The molecule has 6 heteroatoms. The van der Waals surface area contributed by atoms with Gasteiger partial charge in [0.05, 0.1) is 35.7 Å². The van der Waals surface area contributed by atoms with Crippen LogP contribution in [0.3, 0.4) is 0 Å². The van der Waals surface area contributed by atoms with E-state index in [1.165, 1.54) is 21.7 Å². The number of ether oxygens (including phenoxy) is 2. The first-order valence-electron chi connectivity index (χ1n) is 12.7. The molecule has 0 spiro atoms. The molecule has 1 aliphatic rings. The molecule has 37 heavy (non-hydrogen) atoms. The van der Waals surface area contributed by atoms with Crippen LogP contribution in [-0.4, -0.2) is 16.3 Å². The average Bonchev–Trinajstić information content (AvgIpc) is 3.55. The quantitative estimate of drug-likeness (QED) is 0.197. The molecule has 188 valence electrons. The summed E-state index contributed by atoms with van der Waals surface area (Å²) in [5.41, 5.74) is 4.64. The van der Waals surface area contributed by atoms with Crippen LogP contribution in [0.1, 0.15) is 25.3 Å². The summed E-state index contributed by atoms with van der Waals surface area (Å²) in [5.74, 6) is 2.58. The van der Waals surface area contributed by atoms with Crippen LogP contribution in [-0.2, 0) is 12.7 Å². The SMILES string of the molecule is CCCCn1c(-c2ccc3c(c2)OCO3)nc2cc(C[PH+](c3ccccc3)c3ccccc3)ccc21.[I-]. The van der Waals surface area contributed by atoms with Gasteiger partial charge >= 0.3 is 0 Å². The van der Waals surface area contributed by atoms with Crippen LogP contribution < -0.4 is 44.1 Å². The number of unbranched alkanes of at least 4 members (excludes halogenated alkanes) is 1. The lowest BCUT2D eigenvalue weighted by Gasteiger charge is -2.11. The molecule has 0 N–H and O–H groups in total. The molecule has 0 amide bonds. The van der Waals surface area contributed by atoms with E-state index >= 15 is 0 Å². The zero-order valence-corrected chi connectivity index (χ0v) is 24.0. The molecule has 0 unspecified atom stereocenters. The third-order valence-electron chi connectivity index (χ3n) is 6.80. The Morgan fingerprint density at radius 2 is 1.51 bits per heavy atom. The minimum atomic E-state index is -0.960. The molecule has 5 aromatic rings. The minimum absolute atomic E-state index is 0. The number of hydrogen-bond donors (Lipinski definition) is 0. The number of halogens is 1. The van der Waals surface area contributed by atoms with Crippen molar-refractivity contribution >= 4 is 29.6 Å². The van der Waals surface area contributed by atoms with Gasteiger partial charge in [0.15, 0.2) is 11.5 Å². The molecule has 2 heterocycles.